The van der Waals surface area contributed by atoms with Crippen LogP contribution in [0.25, 0.3) is 0 Å². The van der Waals surface area contributed by atoms with Crippen LogP contribution in [-0.2, 0) is 28.4 Å². The van der Waals surface area contributed by atoms with Crippen molar-refractivity contribution in [3.05, 3.63) is 70.0 Å². The quantitative estimate of drug-likeness (QED) is 0.282. The van der Waals surface area contributed by atoms with Crippen molar-refractivity contribution in [1.29, 1.82) is 0 Å². The first-order valence-electron chi connectivity index (χ1n) is 14.5. The van der Waals surface area contributed by atoms with Crippen molar-refractivity contribution in [3.63, 3.8) is 0 Å². The Labute approximate surface area is 251 Å². The molecular formula is C31H36F7N3O3. The number of esters is 1. The predicted molar refractivity (Wildman–Crippen MR) is 148 cm³/mol. The van der Waals surface area contributed by atoms with E-state index in [2.05, 4.69) is 5.32 Å². The highest BCUT2D eigenvalue weighted by Crippen LogP contribution is 2.55. The van der Waals surface area contributed by atoms with Crippen LogP contribution in [0.1, 0.15) is 66.5 Å². The fourth-order valence-electron chi connectivity index (χ4n) is 6.10. The number of alkyl halides is 6. The lowest BCUT2D eigenvalue weighted by atomic mass is 9.92. The average molecular weight is 632 g/mol. The minimum absolute atomic E-state index is 0.00926. The van der Waals surface area contributed by atoms with E-state index in [0.717, 1.165) is 36.4 Å². The summed E-state index contributed by atoms with van der Waals surface area (Å²) in [5.41, 5.74) is -1.81. The van der Waals surface area contributed by atoms with Gasteiger partial charge in [0.25, 0.3) is 0 Å². The molecule has 3 aliphatic rings. The zero-order valence-electron chi connectivity index (χ0n) is 24.7. The van der Waals surface area contributed by atoms with Gasteiger partial charge in [0.2, 0.25) is 0 Å². The summed E-state index contributed by atoms with van der Waals surface area (Å²) < 4.78 is 97.4. The molecule has 2 heterocycles. The van der Waals surface area contributed by atoms with Gasteiger partial charge in [-0.1, -0.05) is 6.07 Å². The van der Waals surface area contributed by atoms with Gasteiger partial charge in [-0.05, 0) is 99.0 Å². The second-order valence-corrected chi connectivity index (χ2v) is 11.7. The molecule has 0 bridgehead atoms. The number of benzene rings is 2. The molecular weight excluding hydrogens is 595 g/mol. The molecule has 1 aliphatic carbocycles. The first-order chi connectivity index (χ1) is 20.6. The summed E-state index contributed by atoms with van der Waals surface area (Å²) in [7, 11) is 1.33. The molecule has 3 fully saturated rings. The Morgan fingerprint density at radius 3 is 2.23 bits per heavy atom. The van der Waals surface area contributed by atoms with Gasteiger partial charge in [-0.15, -0.1) is 0 Å². The Morgan fingerprint density at radius 1 is 1.05 bits per heavy atom. The van der Waals surface area contributed by atoms with Crippen molar-refractivity contribution in [2.45, 2.75) is 64.5 Å². The lowest BCUT2D eigenvalue weighted by Gasteiger charge is -2.39. The smallest absolute Gasteiger partial charge is 0.416 e. The molecule has 44 heavy (non-hydrogen) atoms. The summed E-state index contributed by atoms with van der Waals surface area (Å²) in [6, 6.07) is 4.68. The van der Waals surface area contributed by atoms with Crippen LogP contribution >= 0.6 is 0 Å². The number of amides is 2. The van der Waals surface area contributed by atoms with Crippen LogP contribution < -0.4 is 5.32 Å². The summed E-state index contributed by atoms with van der Waals surface area (Å²) in [6.07, 6.45) is -6.73. The Bertz CT molecular complexity index is 1330. The average Bonchev–Trinajstić information content (AvgIpc) is 3.51. The standard InChI is InChI=1S/C23H23F7N2O.C8H13NO2/c1-14-9-18(24)6-7-19(14)20-5-3-4-8-32(20)21(33)31(2)13-15-10-16(22(25,26)27)12-17(11-15)23(28,29)30;1-2-11-7(10)8-3-6(8)4-9-5-8/h6-7,9-12,20H,3-5,8,13H2,1-2H3;6,9H,2-5H2,1H3. The third-order valence-electron chi connectivity index (χ3n) is 8.48. The monoisotopic (exact) mass is 631 g/mol. The summed E-state index contributed by atoms with van der Waals surface area (Å²) >= 11 is 0. The van der Waals surface area contributed by atoms with Gasteiger partial charge >= 0.3 is 24.4 Å². The van der Waals surface area contributed by atoms with Crippen LogP contribution in [0.4, 0.5) is 35.5 Å². The third kappa shape index (κ3) is 7.47. The number of hydrogen-bond donors (Lipinski definition) is 1. The Hall–Kier alpha value is -3.35. The third-order valence-corrected chi connectivity index (χ3v) is 8.48. The number of urea groups is 1. The highest BCUT2D eigenvalue weighted by Gasteiger charge is 2.63. The number of piperidine rings is 2. The molecule has 0 spiro atoms. The number of hydrogen-bond acceptors (Lipinski definition) is 4. The lowest BCUT2D eigenvalue weighted by Crippen LogP contribution is -2.45. The molecule has 1 saturated carbocycles. The molecule has 2 aromatic carbocycles. The molecule has 13 heteroatoms. The van der Waals surface area contributed by atoms with Crippen molar-refractivity contribution in [2.75, 3.05) is 33.3 Å². The number of carbonyl (C=O) groups is 2. The number of nitrogens with one attached hydrogen (secondary N) is 1. The topological polar surface area (TPSA) is 61.9 Å². The van der Waals surface area contributed by atoms with Gasteiger partial charge in [0.05, 0.1) is 29.2 Å². The zero-order chi connectivity index (χ0) is 32.4. The van der Waals surface area contributed by atoms with E-state index in [0.29, 0.717) is 49.6 Å². The van der Waals surface area contributed by atoms with Gasteiger partial charge < -0.3 is 19.9 Å². The van der Waals surface area contributed by atoms with Crippen molar-refractivity contribution in [2.24, 2.45) is 11.3 Å². The maximum atomic E-state index is 13.5. The van der Waals surface area contributed by atoms with E-state index in [1.165, 1.54) is 19.2 Å². The normalized spacial score (nSPS) is 22.9. The molecule has 2 saturated heterocycles. The van der Waals surface area contributed by atoms with Crippen molar-refractivity contribution >= 4 is 12.0 Å². The number of fused-ring (bicyclic) bond motifs is 1. The Kier molecular flexibility index (Phi) is 9.87. The van der Waals surface area contributed by atoms with E-state index in [1.54, 1.807) is 17.9 Å². The van der Waals surface area contributed by atoms with Crippen LogP contribution in [0.2, 0.25) is 0 Å². The van der Waals surface area contributed by atoms with Crippen LogP contribution in [0.3, 0.4) is 0 Å². The minimum Gasteiger partial charge on any atom is -0.466 e. The molecule has 3 unspecified atom stereocenters. The Balaban J connectivity index is 0.000000333. The number of rotatable bonds is 5. The van der Waals surface area contributed by atoms with Gasteiger partial charge in [0.1, 0.15) is 5.82 Å². The second kappa shape index (κ2) is 12.9. The molecule has 5 rings (SSSR count). The summed E-state index contributed by atoms with van der Waals surface area (Å²) in [5, 5.41) is 3.20. The predicted octanol–water partition coefficient (Wildman–Crippen LogP) is 7.11. The first kappa shape index (κ1) is 33.5. The number of halogens is 7. The second-order valence-electron chi connectivity index (χ2n) is 11.7. The van der Waals surface area contributed by atoms with Gasteiger partial charge in [-0.3, -0.25) is 4.79 Å². The molecule has 2 amide bonds. The van der Waals surface area contributed by atoms with Gasteiger partial charge in [-0.2, -0.15) is 26.3 Å². The van der Waals surface area contributed by atoms with Gasteiger partial charge in [0.15, 0.2) is 0 Å². The summed E-state index contributed by atoms with van der Waals surface area (Å²) in [5.74, 6) is 0.170. The molecule has 2 aliphatic heterocycles. The largest absolute Gasteiger partial charge is 0.466 e. The van der Waals surface area contributed by atoms with E-state index < -0.39 is 41.9 Å². The molecule has 2 aromatic rings. The van der Waals surface area contributed by atoms with E-state index in [9.17, 15) is 40.3 Å². The van der Waals surface area contributed by atoms with Crippen LogP contribution in [0.15, 0.2) is 36.4 Å². The summed E-state index contributed by atoms with van der Waals surface area (Å²) in [6.45, 7) is 5.86. The molecule has 1 N–H and O–H groups in total. The number of likely N-dealkylation sites (tertiary alicyclic amines) is 1. The first-order valence-corrected chi connectivity index (χ1v) is 14.5. The Morgan fingerprint density at radius 2 is 1.70 bits per heavy atom. The van der Waals surface area contributed by atoms with E-state index in [1.807, 2.05) is 6.92 Å². The highest BCUT2D eigenvalue weighted by molar-refractivity contribution is 5.81. The molecule has 0 aromatic heterocycles. The van der Waals surface area contributed by atoms with Crippen molar-refractivity contribution in [1.82, 2.24) is 15.1 Å². The molecule has 242 valence electrons. The van der Waals surface area contributed by atoms with Crippen LogP contribution in [0.5, 0.6) is 0 Å². The van der Waals surface area contributed by atoms with E-state index >= 15 is 0 Å². The fourth-order valence-corrected chi connectivity index (χ4v) is 6.10. The van der Waals surface area contributed by atoms with Crippen molar-refractivity contribution < 1.29 is 45.1 Å². The zero-order valence-corrected chi connectivity index (χ0v) is 24.7. The highest BCUT2D eigenvalue weighted by atomic mass is 19.4. The van der Waals surface area contributed by atoms with E-state index in [-0.39, 0.29) is 29.1 Å². The molecule has 3 atom stereocenters. The molecule has 6 nitrogen and oxygen atoms in total. The number of aryl methyl sites for hydroxylation is 1. The molecule has 0 radical (unpaired) electrons. The van der Waals surface area contributed by atoms with Crippen molar-refractivity contribution in [3.8, 4) is 0 Å². The maximum absolute atomic E-state index is 13.5. The summed E-state index contributed by atoms with van der Waals surface area (Å²) in [4.78, 5) is 27.2. The fraction of sp³-hybridized carbons (Fsp3) is 0.548. The van der Waals surface area contributed by atoms with Gasteiger partial charge in [0, 0.05) is 26.7 Å². The van der Waals surface area contributed by atoms with Gasteiger partial charge in [-0.25, -0.2) is 9.18 Å². The van der Waals surface area contributed by atoms with Crippen LogP contribution in [0, 0.1) is 24.1 Å². The number of ether oxygens (including phenoxy) is 1. The maximum Gasteiger partial charge on any atom is 0.416 e. The number of carbonyl (C=O) groups excluding carboxylic acids is 2. The lowest BCUT2D eigenvalue weighted by molar-refractivity contribution is -0.149. The SMILES string of the molecule is CCOC(=O)C12CNCC1C2.Cc1cc(F)ccc1C1CCCCN1C(=O)N(C)Cc1cc(C(F)(F)F)cc(C(F)(F)F)c1. The number of nitrogens with zero attached hydrogens (tertiary/aromatic N) is 2. The van der Waals surface area contributed by atoms with E-state index in [4.69, 9.17) is 4.74 Å². The minimum atomic E-state index is -4.96. The van der Waals surface area contributed by atoms with Crippen LogP contribution in [-0.4, -0.2) is 55.1 Å².